The predicted octanol–water partition coefficient (Wildman–Crippen LogP) is 3.43. The van der Waals surface area contributed by atoms with Crippen molar-refractivity contribution in [3.63, 3.8) is 0 Å². The van der Waals surface area contributed by atoms with E-state index in [9.17, 15) is 14.5 Å². The molecule has 0 spiro atoms. The van der Waals surface area contributed by atoms with Crippen molar-refractivity contribution in [2.24, 2.45) is 0 Å². The fourth-order valence-corrected chi connectivity index (χ4v) is 5.49. The number of hydrogen-bond donors (Lipinski definition) is 2. The molecule has 1 aromatic carbocycles. The molecule has 1 aliphatic rings. The average molecular weight is 572 g/mol. The molecule has 2 unspecified atom stereocenters. The summed E-state index contributed by atoms with van der Waals surface area (Å²) < 4.78 is 52.4. The maximum Gasteiger partial charge on any atom is 0.459 e. The molecule has 15 heteroatoms. The van der Waals surface area contributed by atoms with Gasteiger partial charge in [0.05, 0.1) is 25.2 Å². The lowest BCUT2D eigenvalue weighted by Crippen LogP contribution is -2.40. The van der Waals surface area contributed by atoms with Crippen molar-refractivity contribution in [3.05, 3.63) is 48.7 Å². The van der Waals surface area contributed by atoms with Crippen molar-refractivity contribution < 1.29 is 37.4 Å². The van der Waals surface area contributed by atoms with Gasteiger partial charge in [-0.1, -0.05) is 29.8 Å². The number of rotatable bonds is 10. The highest BCUT2D eigenvalue weighted by Gasteiger charge is 2.58. The summed E-state index contributed by atoms with van der Waals surface area (Å²) in [6, 6.07) is 7.00. The van der Waals surface area contributed by atoms with Crippen molar-refractivity contribution in [1.29, 1.82) is 0 Å². The number of aliphatic hydroxyl groups is 1. The van der Waals surface area contributed by atoms with Crippen molar-refractivity contribution in [1.82, 2.24) is 24.6 Å². The van der Waals surface area contributed by atoms with E-state index in [1.807, 2.05) is 0 Å². The van der Waals surface area contributed by atoms with Crippen LogP contribution in [-0.2, 0) is 23.4 Å². The van der Waals surface area contributed by atoms with Crippen LogP contribution in [0.4, 0.5) is 4.39 Å². The van der Waals surface area contributed by atoms with Gasteiger partial charge in [-0.3, -0.25) is 13.9 Å². The van der Waals surface area contributed by atoms with Crippen LogP contribution < -0.4 is 9.61 Å². The second-order valence-electron chi connectivity index (χ2n) is 8.96. The fourth-order valence-electron chi connectivity index (χ4n) is 3.70. The number of benzene rings is 1. The van der Waals surface area contributed by atoms with Crippen LogP contribution in [0.15, 0.2) is 42.9 Å². The number of fused-ring (bicyclic) bond motifs is 1. The summed E-state index contributed by atoms with van der Waals surface area (Å²) in [5.41, 5.74) is 0.615. The first-order chi connectivity index (χ1) is 17.9. The predicted molar refractivity (Wildman–Crippen MR) is 134 cm³/mol. The summed E-state index contributed by atoms with van der Waals surface area (Å²) in [5.74, 6) is -0.104. The molecular weight excluding hydrogens is 544 g/mol. The van der Waals surface area contributed by atoms with Gasteiger partial charge in [0.15, 0.2) is 11.9 Å². The summed E-state index contributed by atoms with van der Waals surface area (Å²) in [4.78, 5) is 24.7. The number of nitrogens with zero attached hydrogens (tertiary/aromatic N) is 4. The Bertz CT molecular complexity index is 1330. The van der Waals surface area contributed by atoms with Crippen LogP contribution in [-0.4, -0.2) is 66.7 Å². The quantitative estimate of drug-likeness (QED) is 0.209. The lowest BCUT2D eigenvalue weighted by Gasteiger charge is -2.25. The van der Waals surface area contributed by atoms with Crippen LogP contribution in [0.1, 0.15) is 32.8 Å². The van der Waals surface area contributed by atoms with Crippen molar-refractivity contribution in [3.8, 4) is 5.75 Å². The Balaban J connectivity index is 1.54. The van der Waals surface area contributed by atoms with E-state index in [4.69, 9.17) is 30.1 Å². The molecule has 1 aliphatic heterocycles. The zero-order chi connectivity index (χ0) is 27.7. The summed E-state index contributed by atoms with van der Waals surface area (Å²) in [7, 11) is -4.29. The number of esters is 1. The molecule has 6 atom stereocenters. The Labute approximate surface area is 223 Å². The summed E-state index contributed by atoms with van der Waals surface area (Å²) >= 11 is 6.10. The van der Waals surface area contributed by atoms with E-state index >= 15 is 4.39 Å². The highest BCUT2D eigenvalue weighted by Crippen LogP contribution is 2.49. The second kappa shape index (κ2) is 11.2. The Morgan fingerprint density at radius 3 is 2.71 bits per heavy atom. The number of nitrogens with one attached hydrogen (secondary N) is 1. The van der Waals surface area contributed by atoms with Crippen LogP contribution in [0, 0.1) is 6.92 Å². The lowest BCUT2D eigenvalue weighted by molar-refractivity contribution is -0.149. The molecule has 0 radical (unpaired) electrons. The fraction of sp³-hybridized carbons (Fsp3) is 0.478. The number of imidazole rings is 1. The van der Waals surface area contributed by atoms with E-state index in [1.54, 1.807) is 39.0 Å². The monoisotopic (exact) mass is 571 g/mol. The summed E-state index contributed by atoms with van der Waals surface area (Å²) in [5, 5.41) is 10.4. The molecule has 1 saturated heterocycles. The number of ether oxygens (including phenoxy) is 2. The molecule has 206 valence electrons. The number of aliphatic hydroxyl groups excluding tert-OH is 1. The maximum atomic E-state index is 15.6. The van der Waals surface area contributed by atoms with E-state index in [0.717, 1.165) is 0 Å². The molecule has 0 amide bonds. The Morgan fingerprint density at radius 1 is 1.32 bits per heavy atom. The molecule has 12 nitrogen and oxygen atoms in total. The zero-order valence-electron chi connectivity index (χ0n) is 21.0. The number of carbonyl (C=O) groups is 1. The molecule has 0 bridgehead atoms. The topological polar surface area (TPSA) is 147 Å². The molecule has 2 aromatic heterocycles. The number of carbonyl (C=O) groups excluding carboxylic acids is 1. The second-order valence-corrected chi connectivity index (χ2v) is 11.2. The third-order valence-corrected chi connectivity index (χ3v) is 7.56. The molecule has 2 N–H and O–H groups in total. The number of aryl methyl sites for hydroxylation is 1. The smallest absolute Gasteiger partial charge is 0.459 e. The molecule has 3 aromatic rings. The van der Waals surface area contributed by atoms with Gasteiger partial charge in [0.2, 0.25) is 0 Å². The first kappa shape index (κ1) is 28.3. The van der Waals surface area contributed by atoms with Gasteiger partial charge in [0.1, 0.15) is 35.3 Å². The van der Waals surface area contributed by atoms with Gasteiger partial charge in [-0.05, 0) is 39.8 Å². The zero-order valence-corrected chi connectivity index (χ0v) is 22.7. The molecule has 3 heterocycles. The van der Waals surface area contributed by atoms with Gasteiger partial charge in [0, 0.05) is 0 Å². The molecular formula is C23H28ClFN5O7P. The molecule has 38 heavy (non-hydrogen) atoms. The van der Waals surface area contributed by atoms with Gasteiger partial charge < -0.3 is 19.1 Å². The Morgan fingerprint density at radius 2 is 2.03 bits per heavy atom. The third-order valence-electron chi connectivity index (χ3n) is 5.50. The van der Waals surface area contributed by atoms with E-state index < -0.39 is 56.0 Å². The normalized spacial score (nSPS) is 25.8. The van der Waals surface area contributed by atoms with Crippen LogP contribution in [0.3, 0.4) is 0 Å². The highest BCUT2D eigenvalue weighted by atomic mass is 35.5. The van der Waals surface area contributed by atoms with Gasteiger partial charge >= 0.3 is 13.7 Å². The van der Waals surface area contributed by atoms with E-state index in [0.29, 0.717) is 11.3 Å². The Hall–Kier alpha value is -2.67. The lowest BCUT2D eigenvalue weighted by atomic mass is 10.1. The van der Waals surface area contributed by atoms with Crippen molar-refractivity contribution in [2.45, 2.75) is 63.4 Å². The minimum Gasteiger partial charge on any atom is -0.462 e. The number of alkyl halides is 2. The molecule has 4 rings (SSSR count). The summed E-state index contributed by atoms with van der Waals surface area (Å²) in [6.07, 6.45) is -2.50. The van der Waals surface area contributed by atoms with E-state index in [-0.39, 0.29) is 11.4 Å². The van der Waals surface area contributed by atoms with Crippen LogP contribution in [0.25, 0.3) is 11.2 Å². The highest BCUT2D eigenvalue weighted by molar-refractivity contribution is 7.52. The Kier molecular flexibility index (Phi) is 8.36. The first-order valence-corrected chi connectivity index (χ1v) is 13.7. The van der Waals surface area contributed by atoms with Gasteiger partial charge in [-0.2, -0.15) is 5.09 Å². The van der Waals surface area contributed by atoms with Crippen molar-refractivity contribution >= 4 is 36.5 Å². The number of para-hydroxylation sites is 1. The summed E-state index contributed by atoms with van der Waals surface area (Å²) in [6.45, 7) is 5.80. The van der Waals surface area contributed by atoms with E-state index in [2.05, 4.69) is 20.0 Å². The number of hydrogen-bond acceptors (Lipinski definition) is 10. The average Bonchev–Trinajstić information content (AvgIpc) is 3.35. The standard InChI is InChI=1S/C23H28ClFN5O7P/c1-13(2)35-21(32)14(3)29-38(33,37-16-8-6-5-7-9-16)34-11-18-19(31)23(24,25)22(36-18)30-12-27-17-10-26-15(4)28-20(17)30/h5-10,12-14,18-19,22,31H,11H2,1-4H3,(H,29,33)/t14?,18-,19-,22-,23-,38?/m1/s1. The largest absolute Gasteiger partial charge is 0.462 e. The van der Waals surface area contributed by atoms with Crippen LogP contribution in [0.5, 0.6) is 5.75 Å². The van der Waals surface area contributed by atoms with Crippen LogP contribution >= 0.6 is 19.3 Å². The SMILES string of the molecule is Cc1ncc2ncn([C@@H]3O[C@H](COP(=O)(NC(C)C(=O)OC(C)C)Oc4ccccc4)[C@@H](O)[C@]3(F)Cl)c2n1. The number of halogens is 2. The van der Waals surface area contributed by atoms with Gasteiger partial charge in [-0.15, -0.1) is 0 Å². The number of aromatic nitrogens is 4. The first-order valence-electron chi connectivity index (χ1n) is 11.7. The van der Waals surface area contributed by atoms with Gasteiger partial charge in [-0.25, -0.2) is 23.9 Å². The van der Waals surface area contributed by atoms with Crippen LogP contribution in [0.2, 0.25) is 0 Å². The minimum atomic E-state index is -4.29. The third kappa shape index (κ3) is 6.14. The van der Waals surface area contributed by atoms with Gasteiger partial charge in [0.25, 0.3) is 5.13 Å². The van der Waals surface area contributed by atoms with Crippen molar-refractivity contribution in [2.75, 3.05) is 6.61 Å². The molecule has 0 aliphatic carbocycles. The molecule has 0 saturated carbocycles. The maximum absolute atomic E-state index is 15.6. The van der Waals surface area contributed by atoms with E-state index in [1.165, 1.54) is 36.1 Å². The minimum absolute atomic E-state index is 0.177. The molecule has 1 fully saturated rings.